The Hall–Kier alpha value is -1.85. The molecule has 3 heterocycles. The quantitative estimate of drug-likeness (QED) is 0.372. The molecule has 3 rings (SSSR count). The number of nitrogens with one attached hydrogen (secondary N) is 1. The zero-order valence-electron chi connectivity index (χ0n) is 10.3. The Labute approximate surface area is 112 Å². The number of H-pyrrole nitrogens is 1. The first-order valence-corrected chi connectivity index (χ1v) is 5.91. The van der Waals surface area contributed by atoms with E-state index in [9.17, 15) is 15.0 Å². The fourth-order valence-corrected chi connectivity index (χ4v) is 2.34. The Bertz CT molecular complexity index is 692. The molecule has 0 radical (unpaired) electrons. The van der Waals surface area contributed by atoms with Crippen LogP contribution in [0.25, 0.3) is 11.2 Å². The number of ether oxygens (including phenoxy) is 1. The Morgan fingerprint density at radius 2 is 2.35 bits per heavy atom. The van der Waals surface area contributed by atoms with Crippen LogP contribution in [0.4, 0.5) is 0 Å². The number of rotatable bonds is 2. The molecule has 0 aromatic carbocycles. The average Bonchev–Trinajstić information content (AvgIpc) is 2.90. The molecule has 2 aromatic heterocycles. The maximum Gasteiger partial charge on any atom is 0.278 e. The number of nitrogens with two attached hydrogens (primary N) is 2. The topological polar surface area (TPSA) is 165 Å². The summed E-state index contributed by atoms with van der Waals surface area (Å²) < 4.78 is 6.91. The highest BCUT2D eigenvalue weighted by Gasteiger charge is 2.48. The highest BCUT2D eigenvalue weighted by atomic mass is 16.6. The number of aromatic nitrogens is 4. The molecule has 0 saturated carbocycles. The molecule has 10 nitrogen and oxygen atoms in total. The van der Waals surface area contributed by atoms with Gasteiger partial charge in [-0.25, -0.2) is 9.97 Å². The van der Waals surface area contributed by atoms with Gasteiger partial charge < -0.3 is 31.4 Å². The summed E-state index contributed by atoms with van der Waals surface area (Å²) in [5.41, 5.74) is 9.26. The molecule has 0 aliphatic carbocycles. The van der Waals surface area contributed by atoms with Gasteiger partial charge in [-0.15, -0.1) is 0 Å². The van der Waals surface area contributed by atoms with E-state index in [1.165, 1.54) is 17.2 Å². The Balaban J connectivity index is 2.01. The molecule has 4 atom stereocenters. The zero-order chi connectivity index (χ0) is 14.5. The van der Waals surface area contributed by atoms with Crippen molar-refractivity contribution in [3.63, 3.8) is 0 Å². The molecule has 10 heteroatoms. The summed E-state index contributed by atoms with van der Waals surface area (Å²) in [4.78, 5) is 21.9. The van der Waals surface area contributed by atoms with Gasteiger partial charge in [-0.3, -0.25) is 9.36 Å². The molecule has 20 heavy (non-hydrogen) atoms. The molecule has 1 saturated heterocycles. The van der Waals surface area contributed by atoms with Crippen LogP contribution in [0.2, 0.25) is 0 Å². The summed E-state index contributed by atoms with van der Waals surface area (Å²) in [5.74, 6) is 0. The first kappa shape index (κ1) is 13.1. The number of aliphatic hydroxyl groups is 2. The van der Waals surface area contributed by atoms with Crippen molar-refractivity contribution in [2.75, 3.05) is 0 Å². The predicted molar refractivity (Wildman–Crippen MR) is 66.0 cm³/mol. The van der Waals surface area contributed by atoms with E-state index in [-0.39, 0.29) is 17.5 Å². The van der Waals surface area contributed by atoms with Crippen LogP contribution in [-0.4, -0.2) is 47.8 Å². The van der Waals surface area contributed by atoms with Crippen molar-refractivity contribution >= 4 is 11.2 Å². The minimum atomic E-state index is -1.78. The van der Waals surface area contributed by atoms with E-state index in [1.54, 1.807) is 0 Å². The molecule has 1 fully saturated rings. The van der Waals surface area contributed by atoms with Gasteiger partial charge in [0.2, 0.25) is 0 Å². The average molecular weight is 282 g/mol. The first-order chi connectivity index (χ1) is 9.40. The smallest absolute Gasteiger partial charge is 0.278 e. The van der Waals surface area contributed by atoms with Gasteiger partial charge >= 0.3 is 0 Å². The van der Waals surface area contributed by atoms with Crippen LogP contribution < -0.4 is 17.0 Å². The molecule has 0 bridgehead atoms. The standard InChI is InChI=1S/C10H14N6O4/c11-7(17)6-10(12,19)1-4(20-6)16-3-15-5-8(16)13-2-14-9(5)18/h2-4,6-7,17,19H,1,11-12H2,(H,13,14,18)/t4-,6-,7?,10+/m1/s1. The summed E-state index contributed by atoms with van der Waals surface area (Å²) >= 11 is 0. The second-order valence-corrected chi connectivity index (χ2v) is 4.75. The lowest BCUT2D eigenvalue weighted by Gasteiger charge is -2.24. The maximum atomic E-state index is 11.6. The van der Waals surface area contributed by atoms with Gasteiger partial charge in [-0.05, 0) is 0 Å². The summed E-state index contributed by atoms with van der Waals surface area (Å²) in [6.45, 7) is 0. The monoisotopic (exact) mass is 282 g/mol. The van der Waals surface area contributed by atoms with Gasteiger partial charge in [-0.2, -0.15) is 0 Å². The molecule has 1 aliphatic heterocycles. The van der Waals surface area contributed by atoms with E-state index in [1.807, 2.05) is 0 Å². The summed E-state index contributed by atoms with van der Waals surface area (Å²) in [7, 11) is 0. The van der Waals surface area contributed by atoms with Crippen molar-refractivity contribution in [3.05, 3.63) is 23.0 Å². The third-order valence-electron chi connectivity index (χ3n) is 3.28. The number of imidazole rings is 1. The van der Waals surface area contributed by atoms with Gasteiger partial charge in [0.15, 0.2) is 11.2 Å². The summed E-state index contributed by atoms with van der Waals surface area (Å²) in [5, 5.41) is 19.4. The van der Waals surface area contributed by atoms with Crippen LogP contribution in [0.1, 0.15) is 12.6 Å². The van der Waals surface area contributed by atoms with Crippen LogP contribution in [0, 0.1) is 0 Å². The van der Waals surface area contributed by atoms with E-state index in [0.717, 1.165) is 0 Å². The second-order valence-electron chi connectivity index (χ2n) is 4.75. The molecule has 1 unspecified atom stereocenters. The third kappa shape index (κ3) is 1.90. The SMILES string of the molecule is NC(O)[C@H]1O[C@@H](n2cnc3c(=O)[nH]cnc32)C[C@]1(N)O. The number of hydrogen-bond acceptors (Lipinski definition) is 8. The molecular formula is C10H14N6O4. The summed E-state index contributed by atoms with van der Waals surface area (Å²) in [6, 6.07) is 0. The Morgan fingerprint density at radius 3 is 3.00 bits per heavy atom. The Morgan fingerprint density at radius 1 is 1.60 bits per heavy atom. The van der Waals surface area contributed by atoms with E-state index in [0.29, 0.717) is 5.65 Å². The second kappa shape index (κ2) is 4.33. The minimum absolute atomic E-state index is 0.0220. The van der Waals surface area contributed by atoms with Gasteiger partial charge in [-0.1, -0.05) is 0 Å². The van der Waals surface area contributed by atoms with Crippen molar-refractivity contribution in [2.45, 2.75) is 30.7 Å². The zero-order valence-corrected chi connectivity index (χ0v) is 10.3. The first-order valence-electron chi connectivity index (χ1n) is 5.91. The molecule has 1 aliphatic rings. The lowest BCUT2D eigenvalue weighted by molar-refractivity contribution is -0.111. The van der Waals surface area contributed by atoms with Crippen molar-refractivity contribution in [3.8, 4) is 0 Å². The van der Waals surface area contributed by atoms with E-state index in [2.05, 4.69) is 15.0 Å². The number of aromatic amines is 1. The molecule has 0 spiro atoms. The van der Waals surface area contributed by atoms with Crippen molar-refractivity contribution in [2.24, 2.45) is 11.5 Å². The molecule has 0 amide bonds. The molecule has 2 aromatic rings. The van der Waals surface area contributed by atoms with Crippen molar-refractivity contribution in [1.29, 1.82) is 0 Å². The van der Waals surface area contributed by atoms with Crippen LogP contribution in [0.5, 0.6) is 0 Å². The van der Waals surface area contributed by atoms with Crippen LogP contribution >= 0.6 is 0 Å². The third-order valence-corrected chi connectivity index (χ3v) is 3.28. The fraction of sp³-hybridized carbons (Fsp3) is 0.500. The number of fused-ring (bicyclic) bond motifs is 1. The lowest BCUT2D eigenvalue weighted by Crippen LogP contribution is -2.55. The molecular weight excluding hydrogens is 268 g/mol. The largest absolute Gasteiger partial charge is 0.376 e. The minimum Gasteiger partial charge on any atom is -0.376 e. The fourth-order valence-electron chi connectivity index (χ4n) is 2.34. The molecule has 108 valence electrons. The van der Waals surface area contributed by atoms with Crippen LogP contribution in [0.3, 0.4) is 0 Å². The van der Waals surface area contributed by atoms with Gasteiger partial charge in [0.05, 0.1) is 12.7 Å². The van der Waals surface area contributed by atoms with E-state index in [4.69, 9.17) is 16.2 Å². The predicted octanol–water partition coefficient (Wildman–Crippen LogP) is -2.67. The van der Waals surface area contributed by atoms with Gasteiger partial charge in [0.1, 0.15) is 24.3 Å². The van der Waals surface area contributed by atoms with E-state index >= 15 is 0 Å². The number of aliphatic hydroxyl groups excluding tert-OH is 1. The summed E-state index contributed by atoms with van der Waals surface area (Å²) in [6.07, 6.45) is -0.729. The van der Waals surface area contributed by atoms with Gasteiger partial charge in [0, 0.05) is 6.42 Å². The number of hydrogen-bond donors (Lipinski definition) is 5. The van der Waals surface area contributed by atoms with E-state index < -0.39 is 24.3 Å². The highest BCUT2D eigenvalue weighted by molar-refractivity contribution is 5.68. The van der Waals surface area contributed by atoms with Crippen LogP contribution in [0.15, 0.2) is 17.4 Å². The number of nitrogens with zero attached hydrogens (tertiary/aromatic N) is 3. The lowest BCUT2D eigenvalue weighted by atomic mass is 10.1. The molecule has 7 N–H and O–H groups in total. The van der Waals surface area contributed by atoms with Gasteiger partial charge in [0.25, 0.3) is 5.56 Å². The maximum absolute atomic E-state index is 11.6. The van der Waals surface area contributed by atoms with Crippen LogP contribution in [-0.2, 0) is 4.74 Å². The Kier molecular flexibility index (Phi) is 2.84. The van der Waals surface area contributed by atoms with Crippen molar-refractivity contribution < 1.29 is 14.9 Å². The van der Waals surface area contributed by atoms with Crippen molar-refractivity contribution in [1.82, 2.24) is 19.5 Å². The highest BCUT2D eigenvalue weighted by Crippen LogP contribution is 2.35. The normalized spacial score (nSPS) is 31.8.